The van der Waals surface area contributed by atoms with Crippen LogP contribution in [0.4, 0.5) is 18.9 Å². The van der Waals surface area contributed by atoms with Crippen LogP contribution in [0.5, 0.6) is 5.75 Å². The number of ether oxygens (including phenoxy) is 1. The number of benzene rings is 2. The normalized spacial score (nSPS) is 11.5. The molecule has 0 aliphatic carbocycles. The van der Waals surface area contributed by atoms with Gasteiger partial charge in [-0.2, -0.15) is 18.4 Å². The molecule has 0 radical (unpaired) electrons. The van der Waals surface area contributed by atoms with Crippen molar-refractivity contribution in [3.8, 4) is 11.8 Å². The second-order valence-electron chi connectivity index (χ2n) is 5.76. The van der Waals surface area contributed by atoms with Crippen molar-refractivity contribution in [1.82, 2.24) is 5.32 Å². The zero-order valence-corrected chi connectivity index (χ0v) is 15.0. The second-order valence-corrected chi connectivity index (χ2v) is 5.76. The molecule has 2 N–H and O–H groups in total. The number of nitrogens with zero attached hydrogens (tertiary/aromatic N) is 1. The van der Waals surface area contributed by atoms with E-state index in [1.807, 2.05) is 24.3 Å². The third-order valence-corrected chi connectivity index (χ3v) is 3.75. The quantitative estimate of drug-likeness (QED) is 0.428. The predicted octanol–water partition coefficient (Wildman–Crippen LogP) is 3.89. The van der Waals surface area contributed by atoms with Gasteiger partial charge < -0.3 is 15.4 Å². The van der Waals surface area contributed by atoms with Gasteiger partial charge in [0.1, 0.15) is 17.4 Å². The first kappa shape index (κ1) is 20.8. The zero-order chi connectivity index (χ0) is 20.6. The number of carbonyl (C=O) groups excluding carboxylic acids is 1. The Hall–Kier alpha value is -3.47. The van der Waals surface area contributed by atoms with Crippen molar-refractivity contribution < 1.29 is 22.7 Å². The molecule has 5 nitrogen and oxygen atoms in total. The Labute approximate surface area is 160 Å². The Kier molecular flexibility index (Phi) is 7.04. The third-order valence-electron chi connectivity index (χ3n) is 3.75. The molecule has 0 aliphatic rings. The van der Waals surface area contributed by atoms with Crippen molar-refractivity contribution in [2.24, 2.45) is 0 Å². The van der Waals surface area contributed by atoms with Crippen LogP contribution < -0.4 is 15.4 Å². The number of hydrogen-bond donors (Lipinski definition) is 2. The number of methoxy groups -OCH3 is 1. The van der Waals surface area contributed by atoms with Crippen LogP contribution >= 0.6 is 0 Å². The topological polar surface area (TPSA) is 74.1 Å². The van der Waals surface area contributed by atoms with Crippen LogP contribution in [0, 0.1) is 11.3 Å². The van der Waals surface area contributed by atoms with E-state index in [0.29, 0.717) is 13.0 Å². The molecule has 2 aromatic rings. The molecule has 0 saturated heterocycles. The summed E-state index contributed by atoms with van der Waals surface area (Å²) < 4.78 is 43.3. The highest BCUT2D eigenvalue weighted by molar-refractivity contribution is 6.06. The van der Waals surface area contributed by atoms with Crippen molar-refractivity contribution in [2.75, 3.05) is 19.0 Å². The SMILES string of the molecule is COc1cccc(CCN/C=C(/C#N)C(=O)Nc2cccc(C(F)(F)F)c2)c1. The summed E-state index contributed by atoms with van der Waals surface area (Å²) in [5.41, 5.74) is -0.170. The number of carbonyl (C=O) groups is 1. The molecule has 28 heavy (non-hydrogen) atoms. The van der Waals surface area contributed by atoms with Crippen LogP contribution in [-0.4, -0.2) is 19.6 Å². The number of hydrogen-bond acceptors (Lipinski definition) is 4. The molecule has 2 aromatic carbocycles. The fourth-order valence-electron chi connectivity index (χ4n) is 2.34. The Balaban J connectivity index is 1.94. The van der Waals surface area contributed by atoms with Gasteiger partial charge in [0.2, 0.25) is 0 Å². The maximum Gasteiger partial charge on any atom is 0.416 e. The number of halogens is 3. The van der Waals surface area contributed by atoms with Crippen LogP contribution in [0.1, 0.15) is 11.1 Å². The lowest BCUT2D eigenvalue weighted by Gasteiger charge is -2.09. The number of amides is 1. The largest absolute Gasteiger partial charge is 0.497 e. The van der Waals surface area contributed by atoms with E-state index in [1.54, 1.807) is 13.2 Å². The molecule has 0 aromatic heterocycles. The summed E-state index contributed by atoms with van der Waals surface area (Å²) in [6, 6.07) is 13.4. The highest BCUT2D eigenvalue weighted by Crippen LogP contribution is 2.30. The molecular formula is C20H18F3N3O2. The van der Waals surface area contributed by atoms with Gasteiger partial charge >= 0.3 is 6.18 Å². The van der Waals surface area contributed by atoms with Gasteiger partial charge in [0.05, 0.1) is 12.7 Å². The Morgan fingerprint density at radius 2 is 1.96 bits per heavy atom. The molecule has 0 unspecified atom stereocenters. The van der Waals surface area contributed by atoms with Gasteiger partial charge in [0.25, 0.3) is 5.91 Å². The molecule has 0 heterocycles. The van der Waals surface area contributed by atoms with Crippen LogP contribution in [0.3, 0.4) is 0 Å². The Bertz CT molecular complexity index is 902. The van der Waals surface area contributed by atoms with Gasteiger partial charge in [-0.05, 0) is 42.3 Å². The van der Waals surface area contributed by atoms with Crippen molar-refractivity contribution in [2.45, 2.75) is 12.6 Å². The summed E-state index contributed by atoms with van der Waals surface area (Å²) in [5, 5.41) is 14.3. The van der Waals surface area contributed by atoms with Gasteiger partial charge in [-0.1, -0.05) is 18.2 Å². The molecule has 1 amide bonds. The van der Waals surface area contributed by atoms with Crippen molar-refractivity contribution >= 4 is 11.6 Å². The molecule has 0 atom stereocenters. The minimum atomic E-state index is -4.52. The van der Waals surface area contributed by atoms with E-state index < -0.39 is 17.6 Å². The highest BCUT2D eigenvalue weighted by Gasteiger charge is 2.30. The average Bonchev–Trinajstić information content (AvgIpc) is 2.67. The van der Waals surface area contributed by atoms with Crippen LogP contribution in [0.25, 0.3) is 0 Å². The zero-order valence-electron chi connectivity index (χ0n) is 15.0. The monoisotopic (exact) mass is 389 g/mol. The maximum absolute atomic E-state index is 12.7. The average molecular weight is 389 g/mol. The molecule has 0 fully saturated rings. The summed E-state index contributed by atoms with van der Waals surface area (Å²) in [5.74, 6) is -0.0677. The predicted molar refractivity (Wildman–Crippen MR) is 98.5 cm³/mol. The van der Waals surface area contributed by atoms with E-state index in [2.05, 4.69) is 10.6 Å². The van der Waals surface area contributed by atoms with Gasteiger partial charge in [0.15, 0.2) is 0 Å². The van der Waals surface area contributed by atoms with E-state index in [-0.39, 0.29) is 11.3 Å². The van der Waals surface area contributed by atoms with E-state index in [0.717, 1.165) is 23.4 Å². The summed E-state index contributed by atoms with van der Waals surface area (Å²) in [6.45, 7) is 0.454. The number of rotatable bonds is 7. The molecular weight excluding hydrogens is 371 g/mol. The van der Waals surface area contributed by atoms with Crippen LogP contribution in [0.2, 0.25) is 0 Å². The first-order valence-electron chi connectivity index (χ1n) is 8.28. The second kappa shape index (κ2) is 9.46. The smallest absolute Gasteiger partial charge is 0.416 e. The minimum absolute atomic E-state index is 0.0441. The Morgan fingerprint density at radius 1 is 1.21 bits per heavy atom. The molecule has 2 rings (SSSR count). The van der Waals surface area contributed by atoms with Crippen molar-refractivity contribution in [3.05, 3.63) is 71.4 Å². The maximum atomic E-state index is 12.7. The molecule has 0 bridgehead atoms. The first-order chi connectivity index (χ1) is 13.3. The number of nitrogens with one attached hydrogen (secondary N) is 2. The van der Waals surface area contributed by atoms with Crippen molar-refractivity contribution in [1.29, 1.82) is 5.26 Å². The van der Waals surface area contributed by atoms with Gasteiger partial charge in [-0.15, -0.1) is 0 Å². The standard InChI is InChI=1S/C20H18F3N3O2/c1-28-18-7-2-4-14(10-18)8-9-25-13-15(12-24)19(27)26-17-6-3-5-16(11-17)20(21,22)23/h2-7,10-11,13,25H,8-9H2,1H3,(H,26,27)/b15-13-. The number of anilines is 1. The summed E-state index contributed by atoms with van der Waals surface area (Å²) in [6.07, 6.45) is -2.65. The van der Waals surface area contributed by atoms with E-state index >= 15 is 0 Å². The number of nitriles is 1. The highest BCUT2D eigenvalue weighted by atomic mass is 19.4. The summed E-state index contributed by atoms with van der Waals surface area (Å²) >= 11 is 0. The fourth-order valence-corrected chi connectivity index (χ4v) is 2.34. The molecule has 146 valence electrons. The summed E-state index contributed by atoms with van der Waals surface area (Å²) in [7, 11) is 1.57. The van der Waals surface area contributed by atoms with Crippen molar-refractivity contribution in [3.63, 3.8) is 0 Å². The third kappa shape index (κ3) is 6.06. The molecule has 0 aliphatic heterocycles. The van der Waals surface area contributed by atoms with E-state index in [1.165, 1.54) is 18.3 Å². The fraction of sp³-hybridized carbons (Fsp3) is 0.200. The van der Waals surface area contributed by atoms with Gasteiger partial charge in [0, 0.05) is 18.4 Å². The Morgan fingerprint density at radius 3 is 2.64 bits per heavy atom. The summed E-state index contributed by atoms with van der Waals surface area (Å²) in [4.78, 5) is 12.1. The van der Waals surface area contributed by atoms with Gasteiger partial charge in [-0.25, -0.2) is 0 Å². The molecule has 8 heteroatoms. The van der Waals surface area contributed by atoms with Crippen LogP contribution in [-0.2, 0) is 17.4 Å². The van der Waals surface area contributed by atoms with E-state index in [4.69, 9.17) is 10.00 Å². The lowest BCUT2D eigenvalue weighted by atomic mass is 10.1. The number of alkyl halides is 3. The lowest BCUT2D eigenvalue weighted by Crippen LogP contribution is -2.18. The molecule has 0 saturated carbocycles. The molecule has 0 spiro atoms. The van der Waals surface area contributed by atoms with Crippen LogP contribution in [0.15, 0.2) is 60.3 Å². The van der Waals surface area contributed by atoms with Gasteiger partial charge in [-0.3, -0.25) is 4.79 Å². The first-order valence-corrected chi connectivity index (χ1v) is 8.28. The lowest BCUT2D eigenvalue weighted by molar-refractivity contribution is -0.137. The minimum Gasteiger partial charge on any atom is -0.497 e. The van der Waals surface area contributed by atoms with E-state index in [9.17, 15) is 18.0 Å².